The molecule has 186 valence electrons. The molecule has 0 radical (unpaired) electrons. The minimum atomic E-state index is -0.904. The standard InChI is InChI=1S/C27H28N4O5/c1-18-6-2-3-7-22(18)30-27(35)29-20-11-9-19(10-12-20)16-24(32)31-15-5-4-8-23(31)26-28-17-21(36-26)13-14-25(33)34/h2-7,9-12,17,23H,8,13-16H2,1H3,(H,33,34)(H2,29,30,35). The van der Waals surface area contributed by atoms with Crippen molar-refractivity contribution in [1.29, 1.82) is 0 Å². The summed E-state index contributed by atoms with van der Waals surface area (Å²) in [5, 5.41) is 14.5. The molecule has 2 aromatic carbocycles. The van der Waals surface area contributed by atoms with Crippen LogP contribution in [0.4, 0.5) is 16.2 Å². The molecule has 4 rings (SSSR count). The minimum absolute atomic E-state index is 0.0414. The van der Waals surface area contributed by atoms with Crippen molar-refractivity contribution < 1.29 is 23.9 Å². The molecule has 1 unspecified atom stereocenters. The topological polar surface area (TPSA) is 125 Å². The van der Waals surface area contributed by atoms with Gasteiger partial charge in [0.05, 0.1) is 19.0 Å². The lowest BCUT2D eigenvalue weighted by Crippen LogP contribution is -2.37. The fraction of sp³-hybridized carbons (Fsp3) is 0.259. The van der Waals surface area contributed by atoms with Crippen LogP contribution in [0.25, 0.3) is 0 Å². The van der Waals surface area contributed by atoms with Crippen molar-refractivity contribution in [3.63, 3.8) is 0 Å². The highest BCUT2D eigenvalue weighted by Crippen LogP contribution is 2.28. The Morgan fingerprint density at radius 1 is 1.08 bits per heavy atom. The Balaban J connectivity index is 1.35. The number of amides is 3. The number of nitrogens with zero attached hydrogens (tertiary/aromatic N) is 2. The van der Waals surface area contributed by atoms with Crippen LogP contribution < -0.4 is 10.6 Å². The van der Waals surface area contributed by atoms with E-state index in [1.54, 1.807) is 17.0 Å². The number of carboxylic acids is 1. The third kappa shape index (κ3) is 6.38. The second-order valence-corrected chi connectivity index (χ2v) is 8.60. The van der Waals surface area contributed by atoms with Gasteiger partial charge in [0.1, 0.15) is 11.8 Å². The van der Waals surface area contributed by atoms with Gasteiger partial charge in [-0.1, -0.05) is 42.5 Å². The van der Waals surface area contributed by atoms with Crippen molar-refractivity contribution in [1.82, 2.24) is 9.88 Å². The second kappa shape index (κ2) is 11.4. The Hall–Kier alpha value is -4.40. The SMILES string of the molecule is Cc1ccccc1NC(=O)Nc1ccc(CC(=O)N2CC=CCC2c2ncc(CCC(=O)O)o2)cc1. The molecule has 0 saturated carbocycles. The van der Waals surface area contributed by atoms with Gasteiger partial charge in [-0.25, -0.2) is 9.78 Å². The van der Waals surface area contributed by atoms with Crippen LogP contribution in [-0.2, 0) is 22.4 Å². The van der Waals surface area contributed by atoms with Gasteiger partial charge in [-0.3, -0.25) is 9.59 Å². The van der Waals surface area contributed by atoms with E-state index in [0.717, 1.165) is 16.8 Å². The number of aromatic nitrogens is 1. The van der Waals surface area contributed by atoms with Gasteiger partial charge in [-0.15, -0.1) is 0 Å². The number of carbonyl (C=O) groups excluding carboxylic acids is 2. The number of hydrogen-bond donors (Lipinski definition) is 3. The molecule has 0 saturated heterocycles. The van der Waals surface area contributed by atoms with E-state index >= 15 is 0 Å². The van der Waals surface area contributed by atoms with Crippen molar-refractivity contribution in [2.75, 3.05) is 17.2 Å². The van der Waals surface area contributed by atoms with E-state index in [0.29, 0.717) is 30.3 Å². The molecule has 3 aromatic rings. The number of carboxylic acid groups (broad SMARTS) is 1. The summed E-state index contributed by atoms with van der Waals surface area (Å²) in [4.78, 5) is 42.3. The van der Waals surface area contributed by atoms with Gasteiger partial charge in [0.2, 0.25) is 11.8 Å². The third-order valence-corrected chi connectivity index (χ3v) is 5.93. The number of nitrogens with one attached hydrogen (secondary N) is 2. The van der Waals surface area contributed by atoms with Gasteiger partial charge in [-0.2, -0.15) is 0 Å². The van der Waals surface area contributed by atoms with Crippen molar-refractivity contribution >= 4 is 29.3 Å². The second-order valence-electron chi connectivity index (χ2n) is 8.60. The molecule has 2 heterocycles. The molecule has 0 bridgehead atoms. The summed E-state index contributed by atoms with van der Waals surface area (Å²) in [6.07, 6.45) is 6.42. The van der Waals surface area contributed by atoms with E-state index in [4.69, 9.17) is 9.52 Å². The summed E-state index contributed by atoms with van der Waals surface area (Å²) in [7, 11) is 0. The zero-order valence-electron chi connectivity index (χ0n) is 19.9. The summed E-state index contributed by atoms with van der Waals surface area (Å²) in [6, 6.07) is 14.0. The Labute approximate surface area is 208 Å². The summed E-state index contributed by atoms with van der Waals surface area (Å²) >= 11 is 0. The van der Waals surface area contributed by atoms with Crippen molar-refractivity contribution in [3.8, 4) is 0 Å². The van der Waals surface area contributed by atoms with Gasteiger partial charge >= 0.3 is 12.0 Å². The number of aryl methyl sites for hydroxylation is 2. The lowest BCUT2D eigenvalue weighted by molar-refractivity contribution is -0.137. The van der Waals surface area contributed by atoms with Crippen LogP contribution in [0.5, 0.6) is 0 Å². The van der Waals surface area contributed by atoms with Crippen LogP contribution in [0.1, 0.15) is 41.7 Å². The van der Waals surface area contributed by atoms with Crippen LogP contribution >= 0.6 is 0 Å². The van der Waals surface area contributed by atoms with E-state index in [1.807, 2.05) is 55.5 Å². The van der Waals surface area contributed by atoms with Crippen LogP contribution in [0.15, 0.2) is 71.3 Å². The lowest BCUT2D eigenvalue weighted by atomic mass is 10.1. The summed E-state index contributed by atoms with van der Waals surface area (Å²) < 4.78 is 5.76. The number of benzene rings is 2. The maximum atomic E-state index is 13.1. The smallest absolute Gasteiger partial charge is 0.323 e. The molecule has 0 fully saturated rings. The minimum Gasteiger partial charge on any atom is -0.481 e. The number of oxazole rings is 1. The number of hydrogen-bond acceptors (Lipinski definition) is 5. The highest BCUT2D eigenvalue weighted by molar-refractivity contribution is 6.00. The largest absolute Gasteiger partial charge is 0.481 e. The number of anilines is 2. The Bertz CT molecular complexity index is 1270. The average molecular weight is 489 g/mol. The maximum absolute atomic E-state index is 13.1. The third-order valence-electron chi connectivity index (χ3n) is 5.93. The summed E-state index contributed by atoms with van der Waals surface area (Å²) in [5.74, 6) is -0.0812. The number of rotatable bonds is 8. The molecule has 3 N–H and O–H groups in total. The first-order chi connectivity index (χ1) is 17.4. The van der Waals surface area contributed by atoms with Gasteiger partial charge in [0.15, 0.2) is 0 Å². The first-order valence-electron chi connectivity index (χ1n) is 11.7. The fourth-order valence-corrected chi connectivity index (χ4v) is 3.98. The average Bonchev–Trinajstić information content (AvgIpc) is 3.34. The monoisotopic (exact) mass is 488 g/mol. The first-order valence-corrected chi connectivity index (χ1v) is 11.7. The van der Waals surface area contributed by atoms with E-state index < -0.39 is 5.97 Å². The quantitative estimate of drug-likeness (QED) is 0.394. The predicted octanol–water partition coefficient (Wildman–Crippen LogP) is 4.72. The Kier molecular flexibility index (Phi) is 7.79. The normalized spacial score (nSPS) is 14.9. The fourth-order valence-electron chi connectivity index (χ4n) is 3.98. The molecule has 1 aromatic heterocycles. The lowest BCUT2D eigenvalue weighted by Gasteiger charge is -2.31. The number of urea groups is 1. The van der Waals surface area contributed by atoms with Crippen molar-refractivity contribution in [2.45, 2.75) is 38.6 Å². The molecule has 9 nitrogen and oxygen atoms in total. The van der Waals surface area contributed by atoms with Gasteiger partial charge in [0.25, 0.3) is 0 Å². The van der Waals surface area contributed by atoms with Crippen LogP contribution in [0.2, 0.25) is 0 Å². The number of para-hydroxylation sites is 1. The Morgan fingerprint density at radius 2 is 1.86 bits per heavy atom. The molecule has 0 spiro atoms. The predicted molar refractivity (Wildman–Crippen MR) is 135 cm³/mol. The molecular weight excluding hydrogens is 460 g/mol. The molecule has 9 heteroatoms. The van der Waals surface area contributed by atoms with Crippen LogP contribution in [0, 0.1) is 6.92 Å². The van der Waals surface area contributed by atoms with Gasteiger partial charge in [-0.05, 0) is 42.7 Å². The van der Waals surface area contributed by atoms with Crippen molar-refractivity contribution in [3.05, 3.63) is 89.7 Å². The van der Waals surface area contributed by atoms with Crippen molar-refractivity contribution in [2.24, 2.45) is 0 Å². The summed E-state index contributed by atoms with van der Waals surface area (Å²) in [6.45, 7) is 2.36. The molecular formula is C27H28N4O5. The van der Waals surface area contributed by atoms with E-state index in [2.05, 4.69) is 15.6 Å². The van der Waals surface area contributed by atoms with Gasteiger partial charge in [0, 0.05) is 24.3 Å². The molecule has 3 amide bonds. The number of carbonyl (C=O) groups is 3. The van der Waals surface area contributed by atoms with E-state index in [9.17, 15) is 14.4 Å². The van der Waals surface area contributed by atoms with Crippen LogP contribution in [-0.4, -0.2) is 39.4 Å². The Morgan fingerprint density at radius 3 is 2.61 bits per heavy atom. The number of aliphatic carboxylic acids is 1. The highest BCUT2D eigenvalue weighted by Gasteiger charge is 2.29. The highest BCUT2D eigenvalue weighted by atomic mass is 16.4. The zero-order valence-corrected chi connectivity index (χ0v) is 19.9. The van der Waals surface area contributed by atoms with E-state index in [1.165, 1.54) is 6.20 Å². The van der Waals surface area contributed by atoms with E-state index in [-0.39, 0.29) is 37.2 Å². The van der Waals surface area contributed by atoms with Crippen LogP contribution in [0.3, 0.4) is 0 Å². The molecule has 0 aliphatic carbocycles. The molecule has 1 aliphatic rings. The zero-order chi connectivity index (χ0) is 25.5. The summed E-state index contributed by atoms with van der Waals surface area (Å²) in [5.41, 5.74) is 3.13. The molecule has 1 atom stereocenters. The molecule has 1 aliphatic heterocycles. The van der Waals surface area contributed by atoms with Gasteiger partial charge < -0.3 is 25.1 Å². The maximum Gasteiger partial charge on any atom is 0.323 e. The first kappa shape index (κ1) is 24.7. The molecule has 36 heavy (non-hydrogen) atoms.